The molecule has 5 rings (SSSR count). The summed E-state index contributed by atoms with van der Waals surface area (Å²) in [4.78, 5) is 5.27. The van der Waals surface area contributed by atoms with Crippen LogP contribution in [0.4, 0.5) is 5.82 Å². The molecule has 2 aromatic rings. The van der Waals surface area contributed by atoms with Crippen molar-refractivity contribution in [3.8, 4) is 12.1 Å². The molecule has 2 saturated heterocycles. The fourth-order valence-corrected chi connectivity index (χ4v) is 5.56. The van der Waals surface area contributed by atoms with Gasteiger partial charge in [-0.3, -0.25) is 5.10 Å². The Balaban J connectivity index is 1.62. The van der Waals surface area contributed by atoms with Gasteiger partial charge < -0.3 is 19.3 Å². The highest BCUT2D eigenvalue weighted by Crippen LogP contribution is 2.46. The van der Waals surface area contributed by atoms with Gasteiger partial charge in [0.2, 0.25) is 0 Å². The van der Waals surface area contributed by atoms with Crippen molar-refractivity contribution < 1.29 is 9.47 Å². The van der Waals surface area contributed by atoms with E-state index < -0.39 is 0 Å². The van der Waals surface area contributed by atoms with E-state index in [1.54, 1.807) is 11.3 Å². The molecule has 0 radical (unpaired) electrons. The van der Waals surface area contributed by atoms with Crippen LogP contribution < -0.4 is 4.90 Å². The van der Waals surface area contributed by atoms with Gasteiger partial charge in [-0.1, -0.05) is 0 Å². The molecule has 148 valence electrons. The van der Waals surface area contributed by atoms with Crippen molar-refractivity contribution in [2.45, 2.75) is 12.8 Å². The van der Waals surface area contributed by atoms with Gasteiger partial charge in [0.25, 0.3) is 0 Å². The van der Waals surface area contributed by atoms with Crippen molar-refractivity contribution in [2.75, 3.05) is 51.0 Å². The third-order valence-electron chi connectivity index (χ3n) is 5.78. The fraction of sp³-hybridized carbons (Fsp3) is 0.450. The number of H-pyrrole nitrogens is 1. The first-order chi connectivity index (χ1) is 14.2. The van der Waals surface area contributed by atoms with Gasteiger partial charge >= 0.3 is 0 Å². The quantitative estimate of drug-likeness (QED) is 0.814. The van der Waals surface area contributed by atoms with Gasteiger partial charge in [0.05, 0.1) is 71.5 Å². The number of aromatic nitrogens is 2. The second-order valence-corrected chi connectivity index (χ2v) is 8.34. The Morgan fingerprint density at radius 2 is 1.90 bits per heavy atom. The molecule has 2 fully saturated rings. The summed E-state index contributed by atoms with van der Waals surface area (Å²) in [5.74, 6) is 0.560. The largest absolute Gasteiger partial charge is 0.378 e. The smallest absolute Gasteiger partial charge is 0.168 e. The molecule has 0 saturated carbocycles. The van der Waals surface area contributed by atoms with Gasteiger partial charge in [-0.05, 0) is 13.0 Å². The van der Waals surface area contributed by atoms with Crippen LogP contribution in [-0.2, 0) is 9.47 Å². The zero-order valence-corrected chi connectivity index (χ0v) is 16.9. The third-order valence-corrected chi connectivity index (χ3v) is 6.98. The molecular weight excluding hydrogens is 388 g/mol. The lowest BCUT2D eigenvalue weighted by molar-refractivity contribution is 0.0836. The molecule has 1 N–H and O–H groups in total. The van der Waals surface area contributed by atoms with Crippen LogP contribution in [0.5, 0.6) is 0 Å². The minimum Gasteiger partial charge on any atom is -0.378 e. The second-order valence-electron chi connectivity index (χ2n) is 7.26. The Kier molecular flexibility index (Phi) is 4.51. The molecule has 5 heterocycles. The summed E-state index contributed by atoms with van der Waals surface area (Å²) in [7, 11) is 0. The molecule has 1 unspecified atom stereocenters. The lowest BCUT2D eigenvalue weighted by atomic mass is 9.84. The number of nitrogens with one attached hydrogen (secondary N) is 1. The Bertz CT molecular complexity index is 1110. The average Bonchev–Trinajstić information content (AvgIpc) is 3.35. The van der Waals surface area contributed by atoms with E-state index in [9.17, 15) is 10.5 Å². The number of hydrogen-bond acceptors (Lipinski definition) is 8. The number of anilines is 1. The monoisotopic (exact) mass is 408 g/mol. The summed E-state index contributed by atoms with van der Waals surface area (Å²) in [6.07, 6.45) is 0. The minimum atomic E-state index is -0.360. The summed E-state index contributed by atoms with van der Waals surface area (Å²) in [5, 5.41) is 27.6. The molecule has 0 aromatic carbocycles. The maximum absolute atomic E-state index is 9.99. The Morgan fingerprint density at radius 1 is 1.14 bits per heavy atom. The average molecular weight is 408 g/mol. The molecule has 9 heteroatoms. The van der Waals surface area contributed by atoms with E-state index >= 15 is 0 Å². The molecule has 0 bridgehead atoms. The molecular formula is C20H20N6O2S. The number of thiophene rings is 1. The third kappa shape index (κ3) is 2.82. The standard InChI is InChI=1S/C20H20N6O2S/c1-12-13(9-21)18(14(10-22)16-11-28-7-4-26(12)16)17-8-15-19(29-17)20(24-23-15)25-2-5-27-6-3-25/h8,18H,2-7,11H2,1H3,(H,23,24). The highest BCUT2D eigenvalue weighted by atomic mass is 32.1. The van der Waals surface area contributed by atoms with E-state index in [-0.39, 0.29) is 5.92 Å². The molecule has 29 heavy (non-hydrogen) atoms. The number of morpholine rings is 2. The maximum atomic E-state index is 9.99. The van der Waals surface area contributed by atoms with Crippen molar-refractivity contribution in [3.05, 3.63) is 33.5 Å². The van der Waals surface area contributed by atoms with Crippen LogP contribution in [0, 0.1) is 22.7 Å². The zero-order chi connectivity index (χ0) is 20.0. The van der Waals surface area contributed by atoms with E-state index in [1.165, 1.54) is 0 Å². The number of nitriles is 2. The van der Waals surface area contributed by atoms with E-state index in [0.717, 1.165) is 45.4 Å². The van der Waals surface area contributed by atoms with Crippen LogP contribution in [0.1, 0.15) is 17.7 Å². The van der Waals surface area contributed by atoms with Gasteiger partial charge in [0, 0.05) is 30.2 Å². The number of rotatable bonds is 2. The number of fused-ring (bicyclic) bond motifs is 2. The summed E-state index contributed by atoms with van der Waals surface area (Å²) < 4.78 is 12.1. The Morgan fingerprint density at radius 3 is 2.66 bits per heavy atom. The van der Waals surface area contributed by atoms with Crippen LogP contribution in [0.25, 0.3) is 10.2 Å². The van der Waals surface area contributed by atoms with Crippen molar-refractivity contribution in [1.82, 2.24) is 15.1 Å². The van der Waals surface area contributed by atoms with Crippen LogP contribution in [0.2, 0.25) is 0 Å². The number of hydrogen-bond donors (Lipinski definition) is 1. The van der Waals surface area contributed by atoms with E-state index in [1.807, 2.05) is 13.0 Å². The van der Waals surface area contributed by atoms with E-state index in [4.69, 9.17) is 9.47 Å². The predicted molar refractivity (Wildman–Crippen MR) is 108 cm³/mol. The van der Waals surface area contributed by atoms with Crippen LogP contribution in [0.3, 0.4) is 0 Å². The summed E-state index contributed by atoms with van der Waals surface area (Å²) in [6.45, 7) is 6.62. The van der Waals surface area contributed by atoms with Crippen molar-refractivity contribution in [1.29, 1.82) is 10.5 Å². The summed E-state index contributed by atoms with van der Waals surface area (Å²) in [5.41, 5.74) is 3.97. The lowest BCUT2D eigenvalue weighted by Crippen LogP contribution is -2.38. The van der Waals surface area contributed by atoms with Crippen LogP contribution >= 0.6 is 11.3 Å². The van der Waals surface area contributed by atoms with Crippen molar-refractivity contribution >= 4 is 27.4 Å². The Hall–Kier alpha value is -2.85. The Labute approximate surface area is 172 Å². The number of ether oxygens (including phenoxy) is 2. The molecule has 3 aliphatic heterocycles. The molecule has 0 amide bonds. The zero-order valence-electron chi connectivity index (χ0n) is 16.1. The number of nitrogens with zero attached hydrogens (tertiary/aromatic N) is 5. The van der Waals surface area contributed by atoms with E-state index in [0.29, 0.717) is 44.1 Å². The first-order valence-electron chi connectivity index (χ1n) is 9.62. The number of aromatic amines is 1. The van der Waals surface area contributed by atoms with E-state index in [2.05, 4.69) is 32.1 Å². The normalized spacial score (nSPS) is 22.7. The molecule has 2 aromatic heterocycles. The highest BCUT2D eigenvalue weighted by molar-refractivity contribution is 7.19. The van der Waals surface area contributed by atoms with Gasteiger partial charge in [-0.15, -0.1) is 11.3 Å². The first-order valence-corrected chi connectivity index (χ1v) is 10.4. The summed E-state index contributed by atoms with van der Waals surface area (Å²) in [6, 6.07) is 6.79. The van der Waals surface area contributed by atoms with Gasteiger partial charge in [0.1, 0.15) is 0 Å². The van der Waals surface area contributed by atoms with Gasteiger partial charge in [0.15, 0.2) is 5.82 Å². The molecule has 0 spiro atoms. The minimum absolute atomic E-state index is 0.360. The second kappa shape index (κ2) is 7.20. The maximum Gasteiger partial charge on any atom is 0.168 e. The van der Waals surface area contributed by atoms with Crippen molar-refractivity contribution in [3.63, 3.8) is 0 Å². The van der Waals surface area contributed by atoms with Crippen molar-refractivity contribution in [2.24, 2.45) is 0 Å². The fourth-order valence-electron chi connectivity index (χ4n) is 4.31. The van der Waals surface area contributed by atoms with Crippen LogP contribution in [0.15, 0.2) is 28.6 Å². The molecule has 0 aliphatic carbocycles. The lowest BCUT2D eigenvalue weighted by Gasteiger charge is -2.39. The summed E-state index contributed by atoms with van der Waals surface area (Å²) >= 11 is 1.60. The highest BCUT2D eigenvalue weighted by Gasteiger charge is 2.37. The predicted octanol–water partition coefficient (Wildman–Crippen LogP) is 2.47. The van der Waals surface area contributed by atoms with Gasteiger partial charge in [-0.25, -0.2) is 0 Å². The molecule has 1 atom stereocenters. The van der Waals surface area contributed by atoms with Gasteiger partial charge in [-0.2, -0.15) is 15.6 Å². The topological polar surface area (TPSA) is 101 Å². The number of allylic oxidation sites excluding steroid dienone is 3. The van der Waals surface area contributed by atoms with Crippen LogP contribution in [-0.4, -0.2) is 61.2 Å². The molecule has 8 nitrogen and oxygen atoms in total. The first kappa shape index (κ1) is 18.2. The molecule has 3 aliphatic rings. The SMILES string of the molecule is CC1=C(C#N)C(c2cc3[nH]nc(N4CCOCC4)c3s2)C(C#N)=C2COCCN12.